The lowest BCUT2D eigenvalue weighted by molar-refractivity contribution is -0.138. The molecule has 0 aliphatic carbocycles. The fourth-order valence-electron chi connectivity index (χ4n) is 4.28. The molecule has 3 unspecified atom stereocenters. The van der Waals surface area contributed by atoms with E-state index in [9.17, 15) is 9.59 Å². The van der Waals surface area contributed by atoms with Crippen molar-refractivity contribution >= 4 is 58.6 Å². The number of β-lactam (4-membered cyclic amide) rings is 1. The third kappa shape index (κ3) is 5.47. The average molecular weight is 565 g/mol. The van der Waals surface area contributed by atoms with Gasteiger partial charge in [0.1, 0.15) is 5.92 Å². The molecule has 9 heteroatoms. The predicted molar refractivity (Wildman–Crippen MR) is 144 cm³/mol. The van der Waals surface area contributed by atoms with Gasteiger partial charge in [-0.15, -0.1) is 11.8 Å². The second-order valence-corrected chi connectivity index (χ2v) is 11.8. The number of hydrogen-bond acceptors (Lipinski definition) is 5. The maximum atomic E-state index is 12.8. The van der Waals surface area contributed by atoms with E-state index >= 15 is 0 Å². The third-order valence-electron chi connectivity index (χ3n) is 5.89. The normalized spacial score (nSPS) is 18.5. The van der Waals surface area contributed by atoms with E-state index in [-0.39, 0.29) is 12.5 Å². The highest BCUT2D eigenvalue weighted by atomic mass is 35.6. The van der Waals surface area contributed by atoms with Gasteiger partial charge >= 0.3 is 6.16 Å². The van der Waals surface area contributed by atoms with Gasteiger partial charge in [-0.3, -0.25) is 4.79 Å². The molecule has 1 aliphatic rings. The first kappa shape index (κ1) is 26.7. The van der Waals surface area contributed by atoms with Gasteiger partial charge in [-0.05, 0) is 23.6 Å². The van der Waals surface area contributed by atoms with Crippen molar-refractivity contribution in [1.82, 2.24) is 5.32 Å². The summed E-state index contributed by atoms with van der Waals surface area (Å²) in [6, 6.07) is 30.0. The van der Waals surface area contributed by atoms with E-state index in [4.69, 9.17) is 44.3 Å². The van der Waals surface area contributed by atoms with E-state index < -0.39 is 32.1 Å². The number of thioether (sulfide) groups is 1. The zero-order chi connectivity index (χ0) is 25.8. The molecule has 5 nitrogen and oxygen atoms in total. The lowest BCUT2D eigenvalue weighted by Gasteiger charge is -2.47. The van der Waals surface area contributed by atoms with Crippen LogP contribution in [0, 0.1) is 5.92 Å². The summed E-state index contributed by atoms with van der Waals surface area (Å²) in [6.07, 6.45) is -2.36. The molecule has 1 saturated heterocycles. The number of amides is 1. The van der Waals surface area contributed by atoms with Crippen molar-refractivity contribution in [2.75, 3.05) is 6.61 Å². The van der Waals surface area contributed by atoms with Gasteiger partial charge in [0.05, 0.1) is 16.7 Å². The zero-order valence-electron chi connectivity index (χ0n) is 19.3. The number of hydrogen-bond donors (Lipinski definition) is 1. The van der Waals surface area contributed by atoms with Crippen molar-refractivity contribution in [2.45, 2.75) is 26.9 Å². The number of rotatable bonds is 8. The van der Waals surface area contributed by atoms with E-state index in [1.807, 2.05) is 91.0 Å². The van der Waals surface area contributed by atoms with Crippen LogP contribution in [0.3, 0.4) is 0 Å². The van der Waals surface area contributed by atoms with Crippen molar-refractivity contribution in [1.29, 1.82) is 0 Å². The molecule has 1 heterocycles. The third-order valence-corrected chi connectivity index (χ3v) is 8.26. The largest absolute Gasteiger partial charge is 0.508 e. The minimum Gasteiger partial charge on any atom is -0.435 e. The molecular formula is C27H24Cl3NO4S. The Hall–Kier alpha value is -2.38. The number of nitrogens with one attached hydrogen (secondary N) is 1. The molecule has 3 aromatic carbocycles. The molecule has 0 aromatic heterocycles. The summed E-state index contributed by atoms with van der Waals surface area (Å²) in [5, 5.41) is 2.38. The Balaban J connectivity index is 1.81. The van der Waals surface area contributed by atoms with Gasteiger partial charge in [-0.25, -0.2) is 4.79 Å². The minimum atomic E-state index is -2.05. The standard InChI is InChI=1S/C27H24Cl3NO4S/c1-2-34-25(33)35-22(27(28,29)30)21-23(32)31-24(21)36-26(18-12-6-3-7-13-18,19-14-8-4-9-15-19)20-16-10-5-11-17-20/h3-17,21-22,24H,2H2,1H3,(H,31,32). The molecule has 3 aromatic rings. The maximum Gasteiger partial charge on any atom is 0.508 e. The molecule has 1 fully saturated rings. The van der Waals surface area contributed by atoms with E-state index in [0.717, 1.165) is 16.7 Å². The number of ether oxygens (including phenoxy) is 2. The van der Waals surface area contributed by atoms with Crippen LogP contribution in [0.15, 0.2) is 91.0 Å². The van der Waals surface area contributed by atoms with Gasteiger partial charge in [-0.2, -0.15) is 0 Å². The molecule has 1 aliphatic heterocycles. The fraction of sp³-hybridized carbons (Fsp3) is 0.259. The second-order valence-electron chi connectivity index (χ2n) is 8.12. The highest BCUT2D eigenvalue weighted by molar-refractivity contribution is 8.01. The number of benzene rings is 3. The van der Waals surface area contributed by atoms with E-state index in [1.54, 1.807) is 6.92 Å². The van der Waals surface area contributed by atoms with Gasteiger partial charge in [0.2, 0.25) is 9.70 Å². The Morgan fingerprint density at radius 1 is 0.889 bits per heavy atom. The molecule has 188 valence electrons. The Morgan fingerprint density at radius 2 is 1.33 bits per heavy atom. The number of carbonyl (C=O) groups is 2. The lowest BCUT2D eigenvalue weighted by atomic mass is 9.84. The number of carbonyl (C=O) groups excluding carboxylic acids is 2. The quantitative estimate of drug-likeness (QED) is 0.143. The first-order chi connectivity index (χ1) is 17.3. The molecule has 1 N–H and O–H groups in total. The Bertz CT molecular complexity index is 1080. The van der Waals surface area contributed by atoms with Gasteiger partial charge < -0.3 is 14.8 Å². The van der Waals surface area contributed by atoms with Crippen molar-refractivity contribution in [3.63, 3.8) is 0 Å². The van der Waals surface area contributed by atoms with Crippen LogP contribution in [0.25, 0.3) is 0 Å². The summed E-state index contributed by atoms with van der Waals surface area (Å²) in [7, 11) is 0. The second kappa shape index (κ2) is 11.3. The summed E-state index contributed by atoms with van der Waals surface area (Å²) in [6.45, 7) is 1.72. The van der Waals surface area contributed by atoms with Crippen molar-refractivity contribution in [2.24, 2.45) is 5.92 Å². The van der Waals surface area contributed by atoms with Crippen LogP contribution in [0.4, 0.5) is 4.79 Å². The van der Waals surface area contributed by atoms with E-state index in [0.29, 0.717) is 0 Å². The molecule has 3 atom stereocenters. The van der Waals surface area contributed by atoms with E-state index in [1.165, 1.54) is 11.8 Å². The van der Waals surface area contributed by atoms with Crippen LogP contribution in [0.5, 0.6) is 0 Å². The van der Waals surface area contributed by atoms with Crippen LogP contribution >= 0.6 is 46.6 Å². The van der Waals surface area contributed by atoms with Gasteiger partial charge in [0, 0.05) is 0 Å². The van der Waals surface area contributed by atoms with Crippen LogP contribution in [0.1, 0.15) is 23.6 Å². The van der Waals surface area contributed by atoms with Crippen molar-refractivity contribution < 1.29 is 19.1 Å². The monoisotopic (exact) mass is 563 g/mol. The molecule has 0 bridgehead atoms. The summed E-state index contributed by atoms with van der Waals surface area (Å²) in [5.41, 5.74) is 3.01. The van der Waals surface area contributed by atoms with E-state index in [2.05, 4.69) is 5.32 Å². The molecular weight excluding hydrogens is 541 g/mol. The predicted octanol–water partition coefficient (Wildman–Crippen LogP) is 6.70. The molecule has 1 amide bonds. The summed E-state index contributed by atoms with van der Waals surface area (Å²) in [5.74, 6) is -1.31. The van der Waals surface area contributed by atoms with Crippen LogP contribution < -0.4 is 5.32 Å². The highest BCUT2D eigenvalue weighted by Crippen LogP contribution is 2.54. The molecule has 0 saturated carbocycles. The first-order valence-corrected chi connectivity index (χ1v) is 13.3. The SMILES string of the molecule is CCOC(=O)OC(C1C(=O)NC1SC(c1ccccc1)(c1ccccc1)c1ccccc1)C(Cl)(Cl)Cl. The van der Waals surface area contributed by atoms with Crippen LogP contribution in [-0.2, 0) is 19.0 Å². The van der Waals surface area contributed by atoms with Gasteiger partial charge in [0.25, 0.3) is 0 Å². The highest BCUT2D eigenvalue weighted by Gasteiger charge is 2.57. The van der Waals surface area contributed by atoms with Gasteiger partial charge in [0.15, 0.2) is 6.10 Å². The number of halogens is 3. The molecule has 36 heavy (non-hydrogen) atoms. The van der Waals surface area contributed by atoms with Crippen LogP contribution in [-0.4, -0.2) is 33.9 Å². The lowest BCUT2D eigenvalue weighted by Crippen LogP contribution is -2.64. The zero-order valence-corrected chi connectivity index (χ0v) is 22.4. The maximum absolute atomic E-state index is 12.8. The van der Waals surface area contributed by atoms with Crippen LogP contribution in [0.2, 0.25) is 0 Å². The molecule has 4 rings (SSSR count). The summed E-state index contributed by atoms with van der Waals surface area (Å²) < 4.78 is 7.46. The molecule has 0 spiro atoms. The first-order valence-electron chi connectivity index (χ1n) is 11.3. The topological polar surface area (TPSA) is 64.6 Å². The Labute approximate surface area is 229 Å². The Kier molecular flexibility index (Phi) is 8.41. The molecule has 0 radical (unpaired) electrons. The summed E-state index contributed by atoms with van der Waals surface area (Å²) in [4.78, 5) is 25.0. The fourth-order valence-corrected chi connectivity index (χ4v) is 6.61. The number of alkyl halides is 3. The van der Waals surface area contributed by atoms with Gasteiger partial charge in [-0.1, -0.05) is 126 Å². The smallest absolute Gasteiger partial charge is 0.435 e. The van der Waals surface area contributed by atoms with Crippen molar-refractivity contribution in [3.8, 4) is 0 Å². The van der Waals surface area contributed by atoms with Crippen molar-refractivity contribution in [3.05, 3.63) is 108 Å². The Morgan fingerprint density at radius 3 is 1.69 bits per heavy atom. The summed E-state index contributed by atoms with van der Waals surface area (Å²) >= 11 is 20.1. The minimum absolute atomic E-state index is 0.0829. The average Bonchev–Trinajstić information content (AvgIpc) is 2.87.